The Hall–Kier alpha value is -1.69. The number of allylic oxidation sites excluding steroid dienone is 1. The minimum Gasteiger partial charge on any atom is -0.457 e. The highest BCUT2D eigenvalue weighted by atomic mass is 16.7. The lowest BCUT2D eigenvalue weighted by molar-refractivity contribution is -0.271. The smallest absolute Gasteiger partial charge is 0.311 e. The molecule has 1 unspecified atom stereocenters. The van der Waals surface area contributed by atoms with Crippen LogP contribution in [0.25, 0.3) is 0 Å². The number of aliphatic hydroxyl groups is 1. The van der Waals surface area contributed by atoms with Crippen molar-refractivity contribution in [1.82, 2.24) is 0 Å². The molecule has 0 aromatic heterocycles. The second-order valence-electron chi connectivity index (χ2n) is 8.21. The summed E-state index contributed by atoms with van der Waals surface area (Å²) in [5, 5.41) is 11.1. The van der Waals surface area contributed by atoms with Crippen molar-refractivity contribution >= 4 is 5.97 Å². The zero-order chi connectivity index (χ0) is 19.9. The van der Waals surface area contributed by atoms with Gasteiger partial charge in [0.1, 0.15) is 18.6 Å². The number of hydrogen-bond donors (Lipinski definition) is 1. The molecule has 3 aliphatic heterocycles. The van der Waals surface area contributed by atoms with E-state index >= 15 is 0 Å². The van der Waals surface area contributed by atoms with E-state index in [1.807, 2.05) is 32.9 Å². The maximum atomic E-state index is 12.6. The van der Waals surface area contributed by atoms with Crippen LogP contribution in [0.5, 0.6) is 0 Å². The Kier molecular flexibility index (Phi) is 5.48. The summed E-state index contributed by atoms with van der Waals surface area (Å²) in [6.07, 6.45) is 3.84. The summed E-state index contributed by atoms with van der Waals surface area (Å²) >= 11 is 0. The Balaban J connectivity index is 1.89. The van der Waals surface area contributed by atoms with E-state index < -0.39 is 17.9 Å². The molecule has 1 N–H and O–H groups in total. The van der Waals surface area contributed by atoms with Crippen molar-refractivity contribution in [3.05, 3.63) is 48.6 Å². The molecule has 0 aromatic rings. The number of hydrogen-bond acceptors (Lipinski definition) is 5. The fourth-order valence-corrected chi connectivity index (χ4v) is 3.73. The summed E-state index contributed by atoms with van der Waals surface area (Å²) < 4.78 is 17.4. The number of epoxide rings is 1. The van der Waals surface area contributed by atoms with E-state index in [2.05, 4.69) is 19.7 Å². The number of rotatable bonds is 2. The molecule has 0 saturated carbocycles. The predicted octanol–water partition coefficient (Wildman–Crippen LogP) is 3.45. The van der Waals surface area contributed by atoms with E-state index in [4.69, 9.17) is 14.2 Å². The van der Waals surface area contributed by atoms with E-state index in [1.54, 1.807) is 0 Å². The van der Waals surface area contributed by atoms with Gasteiger partial charge in [0.25, 0.3) is 0 Å². The Morgan fingerprint density at radius 2 is 2.04 bits per heavy atom. The first-order valence-corrected chi connectivity index (χ1v) is 9.55. The van der Waals surface area contributed by atoms with Crippen LogP contribution in [0.1, 0.15) is 40.0 Å². The summed E-state index contributed by atoms with van der Waals surface area (Å²) in [7, 11) is 0. The zero-order valence-electron chi connectivity index (χ0n) is 16.4. The minimum absolute atomic E-state index is 0.00647. The van der Waals surface area contributed by atoms with Crippen molar-refractivity contribution in [2.24, 2.45) is 11.8 Å². The Bertz CT molecular complexity index is 693. The molecule has 3 aliphatic rings. The number of cyclic esters (lactones) is 1. The number of carbonyl (C=O) groups is 1. The van der Waals surface area contributed by atoms with Gasteiger partial charge in [-0.25, -0.2) is 0 Å². The summed E-state index contributed by atoms with van der Waals surface area (Å²) in [6, 6.07) is 0. The topological polar surface area (TPSA) is 68.3 Å². The number of fused-ring (bicyclic) bond motifs is 4. The Labute approximate surface area is 161 Å². The van der Waals surface area contributed by atoms with Gasteiger partial charge in [-0.05, 0) is 19.4 Å². The molecule has 3 rings (SSSR count). The standard InChI is InChI=1S/C22H30O5/c1-12(2)15(5)17-8-7-13(3)9-18-21(26-18)19-10-14(4)16(6)22(24,27-19)11-20(23)25-17/h7-8,15-19,21,24H,1,3-4,9-11H2,2,5-6H3/b8-7+/t15-,16?,17+,18+,19+,21-,22+/m0/s1. The first kappa shape index (κ1) is 20.1. The summed E-state index contributed by atoms with van der Waals surface area (Å²) in [4.78, 5) is 12.6. The summed E-state index contributed by atoms with van der Waals surface area (Å²) in [6.45, 7) is 17.8. The zero-order valence-corrected chi connectivity index (χ0v) is 16.4. The fraction of sp³-hybridized carbons (Fsp3) is 0.591. The minimum atomic E-state index is -1.64. The lowest BCUT2D eigenvalue weighted by Crippen LogP contribution is -2.51. The molecule has 0 amide bonds. The molecular formula is C22H30O5. The normalized spacial score (nSPS) is 41.9. The van der Waals surface area contributed by atoms with E-state index in [-0.39, 0.29) is 36.6 Å². The van der Waals surface area contributed by atoms with Crippen molar-refractivity contribution in [3.63, 3.8) is 0 Å². The van der Waals surface area contributed by atoms with Gasteiger partial charge in [0.2, 0.25) is 0 Å². The maximum absolute atomic E-state index is 12.6. The molecule has 0 aromatic carbocycles. The van der Waals surface area contributed by atoms with Crippen LogP contribution in [0.2, 0.25) is 0 Å². The number of ether oxygens (including phenoxy) is 3. The van der Waals surface area contributed by atoms with Crippen molar-refractivity contribution in [2.75, 3.05) is 0 Å². The quantitative estimate of drug-likeness (QED) is 0.455. The van der Waals surface area contributed by atoms with E-state index in [0.29, 0.717) is 12.8 Å². The van der Waals surface area contributed by atoms with Gasteiger partial charge in [0, 0.05) is 18.3 Å². The largest absolute Gasteiger partial charge is 0.457 e. The van der Waals surface area contributed by atoms with Gasteiger partial charge in [-0.15, -0.1) is 0 Å². The number of esters is 1. The first-order chi connectivity index (χ1) is 12.6. The van der Waals surface area contributed by atoms with Crippen LogP contribution in [0.3, 0.4) is 0 Å². The van der Waals surface area contributed by atoms with Gasteiger partial charge < -0.3 is 19.3 Å². The molecule has 2 bridgehead atoms. The molecule has 27 heavy (non-hydrogen) atoms. The molecule has 5 heteroatoms. The van der Waals surface area contributed by atoms with E-state index in [1.165, 1.54) is 0 Å². The highest BCUT2D eigenvalue weighted by Crippen LogP contribution is 2.44. The van der Waals surface area contributed by atoms with Crippen LogP contribution in [-0.2, 0) is 19.0 Å². The van der Waals surface area contributed by atoms with Crippen LogP contribution >= 0.6 is 0 Å². The Morgan fingerprint density at radius 3 is 2.70 bits per heavy atom. The SMILES string of the molecule is C=C1/C=C/[C@H]([C@@H](C)C(=C)C)OC(=O)C[C@@]2(O)O[C@H](CC(=C)C2C)[C@H]2O[C@@H]2C1. The van der Waals surface area contributed by atoms with Crippen molar-refractivity contribution in [2.45, 2.75) is 70.2 Å². The molecule has 3 heterocycles. The molecule has 0 spiro atoms. The van der Waals surface area contributed by atoms with Gasteiger partial charge in [0.05, 0.1) is 12.2 Å². The van der Waals surface area contributed by atoms with Crippen LogP contribution in [-0.4, -0.2) is 41.3 Å². The second-order valence-corrected chi connectivity index (χ2v) is 8.21. The summed E-state index contributed by atoms with van der Waals surface area (Å²) in [5.41, 5.74) is 2.66. The highest BCUT2D eigenvalue weighted by molar-refractivity contribution is 5.71. The van der Waals surface area contributed by atoms with Gasteiger partial charge in [-0.2, -0.15) is 0 Å². The second kappa shape index (κ2) is 7.38. The third-order valence-electron chi connectivity index (χ3n) is 6.02. The van der Waals surface area contributed by atoms with Crippen LogP contribution in [0, 0.1) is 11.8 Å². The average molecular weight is 374 g/mol. The van der Waals surface area contributed by atoms with E-state index in [9.17, 15) is 9.90 Å². The molecule has 0 aliphatic carbocycles. The predicted molar refractivity (Wildman–Crippen MR) is 103 cm³/mol. The lowest BCUT2D eigenvalue weighted by Gasteiger charge is -2.42. The molecule has 7 atom stereocenters. The first-order valence-electron chi connectivity index (χ1n) is 9.55. The molecule has 0 radical (unpaired) electrons. The third kappa shape index (κ3) is 4.26. The van der Waals surface area contributed by atoms with Crippen LogP contribution < -0.4 is 0 Å². The van der Waals surface area contributed by atoms with Crippen molar-refractivity contribution in [1.29, 1.82) is 0 Å². The average Bonchev–Trinajstić information content (AvgIpc) is 3.33. The number of carbonyl (C=O) groups excluding carboxylic acids is 1. The van der Waals surface area contributed by atoms with E-state index in [0.717, 1.165) is 16.7 Å². The van der Waals surface area contributed by atoms with Crippen molar-refractivity contribution in [3.8, 4) is 0 Å². The fourth-order valence-electron chi connectivity index (χ4n) is 3.73. The van der Waals surface area contributed by atoms with Crippen molar-refractivity contribution < 1.29 is 24.1 Å². The highest BCUT2D eigenvalue weighted by Gasteiger charge is 2.53. The van der Waals surface area contributed by atoms with Gasteiger partial charge in [-0.1, -0.05) is 56.4 Å². The summed E-state index contributed by atoms with van der Waals surface area (Å²) in [5.74, 6) is -2.58. The maximum Gasteiger partial charge on any atom is 0.311 e. The van der Waals surface area contributed by atoms with Crippen LogP contribution in [0.15, 0.2) is 48.6 Å². The van der Waals surface area contributed by atoms with Gasteiger partial charge >= 0.3 is 5.97 Å². The third-order valence-corrected chi connectivity index (χ3v) is 6.02. The molecule has 148 valence electrons. The monoisotopic (exact) mass is 374 g/mol. The lowest BCUT2D eigenvalue weighted by atomic mass is 9.83. The molecule has 2 fully saturated rings. The molecular weight excluding hydrogens is 344 g/mol. The van der Waals surface area contributed by atoms with Gasteiger partial charge in [-0.3, -0.25) is 4.79 Å². The molecule has 2 saturated heterocycles. The van der Waals surface area contributed by atoms with Crippen LogP contribution in [0.4, 0.5) is 0 Å². The van der Waals surface area contributed by atoms with Gasteiger partial charge in [0.15, 0.2) is 5.79 Å². The Morgan fingerprint density at radius 1 is 1.33 bits per heavy atom. The molecule has 5 nitrogen and oxygen atoms in total.